The van der Waals surface area contributed by atoms with Crippen molar-refractivity contribution in [2.24, 2.45) is 0 Å². The Morgan fingerprint density at radius 1 is 1.30 bits per heavy atom. The molecule has 3 aromatic rings. The van der Waals surface area contributed by atoms with E-state index < -0.39 is 24.6 Å². The van der Waals surface area contributed by atoms with Crippen LogP contribution in [-0.2, 0) is 0 Å². The minimum absolute atomic E-state index is 0.117. The largest absolute Gasteiger partial charge is 0.491 e. The van der Waals surface area contributed by atoms with Crippen molar-refractivity contribution in [3.05, 3.63) is 48.0 Å². The first-order chi connectivity index (χ1) is 14.3. The predicted octanol–water partition coefficient (Wildman–Crippen LogP) is 4.20. The van der Waals surface area contributed by atoms with Crippen molar-refractivity contribution < 1.29 is 27.4 Å². The average molecular weight is 420 g/mol. The van der Waals surface area contributed by atoms with Crippen LogP contribution in [-0.4, -0.2) is 39.7 Å². The maximum absolute atomic E-state index is 12.8. The van der Waals surface area contributed by atoms with Crippen LogP contribution in [0.1, 0.15) is 41.7 Å². The lowest BCUT2D eigenvalue weighted by Crippen LogP contribution is -2.22. The van der Waals surface area contributed by atoms with Crippen LogP contribution in [0.3, 0.4) is 0 Å². The third-order valence-electron chi connectivity index (χ3n) is 4.51. The molecule has 3 heterocycles. The van der Waals surface area contributed by atoms with Crippen molar-refractivity contribution in [1.29, 1.82) is 0 Å². The minimum Gasteiger partial charge on any atom is -0.491 e. The molecule has 1 amide bonds. The summed E-state index contributed by atoms with van der Waals surface area (Å²) in [5, 5.41) is 2.68. The molecule has 1 fully saturated rings. The van der Waals surface area contributed by atoms with E-state index in [-0.39, 0.29) is 5.56 Å². The van der Waals surface area contributed by atoms with Crippen LogP contribution in [0.25, 0.3) is 5.65 Å². The third-order valence-corrected chi connectivity index (χ3v) is 4.51. The van der Waals surface area contributed by atoms with Crippen LogP contribution in [0.5, 0.6) is 11.6 Å². The second-order valence-electron chi connectivity index (χ2n) is 6.90. The van der Waals surface area contributed by atoms with Crippen LogP contribution in [0.2, 0.25) is 0 Å². The summed E-state index contributed by atoms with van der Waals surface area (Å²) in [4.78, 5) is 21.1. The van der Waals surface area contributed by atoms with Crippen molar-refractivity contribution in [2.75, 3.05) is 18.5 Å². The predicted molar refractivity (Wildman–Crippen MR) is 102 cm³/mol. The van der Waals surface area contributed by atoms with E-state index in [1.807, 2.05) is 6.20 Å². The Hall–Kier alpha value is -3.30. The zero-order valence-corrected chi connectivity index (χ0v) is 16.1. The quantitative estimate of drug-likeness (QED) is 0.620. The Labute approximate surface area is 169 Å². The highest BCUT2D eigenvalue weighted by Gasteiger charge is 2.30. The summed E-state index contributed by atoms with van der Waals surface area (Å²) in [6.07, 6.45) is 2.50. The highest BCUT2D eigenvalue weighted by Crippen LogP contribution is 2.40. The van der Waals surface area contributed by atoms with Gasteiger partial charge in [0.2, 0.25) is 5.88 Å². The van der Waals surface area contributed by atoms with Gasteiger partial charge in [-0.1, -0.05) is 0 Å². The summed E-state index contributed by atoms with van der Waals surface area (Å²) < 4.78 is 49.6. The van der Waals surface area contributed by atoms with Crippen molar-refractivity contribution in [2.45, 2.75) is 31.9 Å². The van der Waals surface area contributed by atoms with E-state index in [9.17, 15) is 18.0 Å². The van der Waals surface area contributed by atoms with Crippen molar-refractivity contribution in [3.63, 3.8) is 0 Å². The number of nitrogens with one attached hydrogen (secondary N) is 1. The van der Waals surface area contributed by atoms with Gasteiger partial charge in [0.25, 0.3) is 5.91 Å². The molecule has 158 valence electrons. The van der Waals surface area contributed by atoms with Gasteiger partial charge < -0.3 is 19.2 Å². The lowest BCUT2D eigenvalue weighted by Gasteiger charge is -2.14. The molecule has 1 saturated carbocycles. The Morgan fingerprint density at radius 3 is 2.80 bits per heavy atom. The van der Waals surface area contributed by atoms with Gasteiger partial charge in [-0.3, -0.25) is 4.79 Å². The monoisotopic (exact) mass is 420 g/mol. The summed E-state index contributed by atoms with van der Waals surface area (Å²) in [5.41, 5.74) is 1.92. The molecule has 0 bridgehead atoms. The molecule has 0 spiro atoms. The lowest BCUT2D eigenvalue weighted by atomic mass is 10.2. The average Bonchev–Trinajstić information content (AvgIpc) is 3.47. The lowest BCUT2D eigenvalue weighted by molar-refractivity contribution is -0.154. The van der Waals surface area contributed by atoms with Crippen LogP contribution >= 0.6 is 0 Å². The summed E-state index contributed by atoms with van der Waals surface area (Å²) >= 11 is 0. The number of halogens is 3. The molecule has 1 aliphatic rings. The van der Waals surface area contributed by atoms with E-state index in [1.54, 1.807) is 23.6 Å². The fourth-order valence-corrected chi connectivity index (χ4v) is 3.00. The third kappa shape index (κ3) is 4.47. The number of nitrogens with zero attached hydrogens (tertiary/aromatic N) is 3. The number of anilines is 1. The Morgan fingerprint density at radius 2 is 2.10 bits per heavy atom. The van der Waals surface area contributed by atoms with Crippen molar-refractivity contribution in [1.82, 2.24) is 14.4 Å². The van der Waals surface area contributed by atoms with Gasteiger partial charge in [-0.25, -0.2) is 9.97 Å². The highest BCUT2D eigenvalue weighted by atomic mass is 19.4. The Kier molecular flexibility index (Phi) is 5.23. The van der Waals surface area contributed by atoms with Gasteiger partial charge in [0, 0.05) is 30.6 Å². The Bertz CT molecular complexity index is 1080. The van der Waals surface area contributed by atoms with Gasteiger partial charge >= 0.3 is 6.18 Å². The summed E-state index contributed by atoms with van der Waals surface area (Å²) in [6, 6.07) is 4.50. The van der Waals surface area contributed by atoms with E-state index in [0.29, 0.717) is 29.6 Å². The molecule has 10 heteroatoms. The zero-order valence-electron chi connectivity index (χ0n) is 16.1. The number of hydrogen-bond acceptors (Lipinski definition) is 5. The number of alkyl halides is 3. The zero-order chi connectivity index (χ0) is 21.3. The highest BCUT2D eigenvalue weighted by molar-refractivity contribution is 6.06. The first kappa shape index (κ1) is 20.0. The fourth-order valence-electron chi connectivity index (χ4n) is 3.00. The molecule has 4 rings (SSSR count). The SMILES string of the molecule is CCOc1cc2nc(C3CC3)cn2cc1NC(=O)c1cccnc1OCC(F)(F)F. The molecule has 3 aromatic heterocycles. The summed E-state index contributed by atoms with van der Waals surface area (Å²) in [6.45, 7) is 0.628. The van der Waals surface area contributed by atoms with Gasteiger partial charge in [-0.2, -0.15) is 13.2 Å². The number of rotatable bonds is 7. The topological polar surface area (TPSA) is 77.8 Å². The maximum Gasteiger partial charge on any atom is 0.422 e. The van der Waals surface area contributed by atoms with E-state index in [4.69, 9.17) is 9.47 Å². The minimum atomic E-state index is -4.54. The summed E-state index contributed by atoms with van der Waals surface area (Å²) in [5.74, 6) is -0.191. The molecule has 1 aliphatic carbocycles. The number of carbonyl (C=O) groups is 1. The number of hydrogen-bond donors (Lipinski definition) is 1. The normalized spacial score (nSPS) is 14.0. The van der Waals surface area contributed by atoms with Crippen LogP contribution in [0.4, 0.5) is 18.9 Å². The Balaban J connectivity index is 1.61. The molecule has 0 saturated heterocycles. The first-order valence-electron chi connectivity index (χ1n) is 9.45. The van der Waals surface area contributed by atoms with Crippen LogP contribution < -0.4 is 14.8 Å². The molecule has 7 nitrogen and oxygen atoms in total. The first-order valence-corrected chi connectivity index (χ1v) is 9.45. The van der Waals surface area contributed by atoms with Gasteiger partial charge in [0.05, 0.1) is 12.3 Å². The number of imidazole rings is 1. The molecule has 0 aromatic carbocycles. The fraction of sp³-hybridized carbons (Fsp3) is 0.350. The number of ether oxygens (including phenoxy) is 2. The van der Waals surface area contributed by atoms with Gasteiger partial charge in [0.1, 0.15) is 22.6 Å². The van der Waals surface area contributed by atoms with Gasteiger partial charge in [0.15, 0.2) is 6.61 Å². The molecular weight excluding hydrogens is 401 g/mol. The number of pyridine rings is 2. The molecule has 0 radical (unpaired) electrons. The van der Waals surface area contributed by atoms with E-state index in [1.165, 1.54) is 18.3 Å². The molecular formula is C20H19F3N4O3. The van der Waals surface area contributed by atoms with Crippen molar-refractivity contribution >= 4 is 17.2 Å². The van der Waals surface area contributed by atoms with E-state index in [2.05, 4.69) is 15.3 Å². The van der Waals surface area contributed by atoms with Crippen LogP contribution in [0, 0.1) is 0 Å². The second-order valence-corrected chi connectivity index (χ2v) is 6.90. The standard InChI is InChI=1S/C20H19F3N4O3/c1-2-29-16-8-17-25-14(12-5-6-12)9-27(17)10-15(16)26-18(28)13-4-3-7-24-19(13)30-11-20(21,22)23/h3-4,7-10,12H,2,5-6,11H2,1H3,(H,26,28). The van der Waals surface area contributed by atoms with Gasteiger partial charge in [-0.15, -0.1) is 0 Å². The number of amides is 1. The molecule has 0 atom stereocenters. The molecule has 0 unspecified atom stereocenters. The maximum atomic E-state index is 12.8. The smallest absolute Gasteiger partial charge is 0.422 e. The second kappa shape index (κ2) is 7.85. The summed E-state index contributed by atoms with van der Waals surface area (Å²) in [7, 11) is 0. The van der Waals surface area contributed by atoms with Gasteiger partial charge in [-0.05, 0) is 31.9 Å². The molecule has 1 N–H and O–H groups in total. The number of fused-ring (bicyclic) bond motifs is 1. The molecule has 0 aliphatic heterocycles. The van der Waals surface area contributed by atoms with Crippen LogP contribution in [0.15, 0.2) is 36.8 Å². The number of carbonyl (C=O) groups excluding carboxylic acids is 1. The van der Waals surface area contributed by atoms with E-state index >= 15 is 0 Å². The number of aromatic nitrogens is 3. The van der Waals surface area contributed by atoms with Crippen molar-refractivity contribution in [3.8, 4) is 11.6 Å². The van der Waals surface area contributed by atoms with E-state index in [0.717, 1.165) is 18.5 Å². The molecule has 30 heavy (non-hydrogen) atoms.